The quantitative estimate of drug-likeness (QED) is 0.879. The Morgan fingerprint density at radius 1 is 1.11 bits per heavy atom. The average molecular weight is 255 g/mol. The number of rotatable bonds is 4. The van der Waals surface area contributed by atoms with Crippen molar-refractivity contribution in [3.05, 3.63) is 48.2 Å². The van der Waals surface area contributed by atoms with Gasteiger partial charge in [-0.25, -0.2) is 4.98 Å². The fourth-order valence-corrected chi connectivity index (χ4v) is 1.58. The molecule has 1 amide bonds. The Bertz CT molecular complexity index is 547. The van der Waals surface area contributed by atoms with Crippen molar-refractivity contribution in [3.63, 3.8) is 0 Å². The number of carbonyl (C=O) groups is 1. The van der Waals surface area contributed by atoms with Gasteiger partial charge in [0.25, 0.3) is 0 Å². The van der Waals surface area contributed by atoms with E-state index in [1.807, 2.05) is 37.3 Å². The summed E-state index contributed by atoms with van der Waals surface area (Å²) >= 11 is 0. The van der Waals surface area contributed by atoms with E-state index >= 15 is 0 Å². The first-order chi connectivity index (χ1) is 9.17. The smallest absolute Gasteiger partial charge is 0.225 e. The molecule has 1 heterocycles. The number of amides is 1. The van der Waals surface area contributed by atoms with E-state index in [4.69, 9.17) is 0 Å². The van der Waals surface area contributed by atoms with Crippen molar-refractivity contribution < 1.29 is 4.79 Å². The molecule has 2 rings (SSSR count). The van der Waals surface area contributed by atoms with Gasteiger partial charge < -0.3 is 10.6 Å². The van der Waals surface area contributed by atoms with Crippen molar-refractivity contribution in [2.45, 2.75) is 20.3 Å². The molecule has 0 saturated heterocycles. The molecule has 2 aromatic rings. The van der Waals surface area contributed by atoms with Gasteiger partial charge in [0.15, 0.2) is 0 Å². The molecule has 0 unspecified atom stereocenters. The molecule has 19 heavy (non-hydrogen) atoms. The third-order valence-corrected chi connectivity index (χ3v) is 2.69. The highest BCUT2D eigenvalue weighted by atomic mass is 16.1. The van der Waals surface area contributed by atoms with E-state index in [0.29, 0.717) is 12.2 Å². The zero-order valence-electron chi connectivity index (χ0n) is 11.1. The summed E-state index contributed by atoms with van der Waals surface area (Å²) in [4.78, 5) is 15.4. The van der Waals surface area contributed by atoms with Crippen LogP contribution in [0.3, 0.4) is 0 Å². The summed E-state index contributed by atoms with van der Waals surface area (Å²) in [5.74, 6) is 0.535. The van der Waals surface area contributed by atoms with Crippen LogP contribution in [-0.4, -0.2) is 10.9 Å². The number of carbonyl (C=O) groups excluding carboxylic acids is 1. The number of nitrogens with zero attached hydrogens (tertiary/aromatic N) is 1. The van der Waals surface area contributed by atoms with Gasteiger partial charge in [0.05, 0.1) is 11.9 Å². The van der Waals surface area contributed by atoms with Crippen LogP contribution in [0.25, 0.3) is 0 Å². The summed E-state index contributed by atoms with van der Waals surface area (Å²) < 4.78 is 0. The van der Waals surface area contributed by atoms with Crippen LogP contribution in [0.5, 0.6) is 0 Å². The number of hydrogen-bond acceptors (Lipinski definition) is 3. The van der Waals surface area contributed by atoms with Gasteiger partial charge in [-0.05, 0) is 31.2 Å². The fraction of sp³-hybridized carbons (Fsp3) is 0.200. The number of pyridine rings is 1. The van der Waals surface area contributed by atoms with Crippen LogP contribution in [0.4, 0.5) is 17.2 Å². The number of anilines is 3. The zero-order chi connectivity index (χ0) is 13.7. The van der Waals surface area contributed by atoms with Gasteiger partial charge in [-0.2, -0.15) is 0 Å². The molecule has 4 heteroatoms. The number of nitrogens with one attached hydrogen (secondary N) is 2. The van der Waals surface area contributed by atoms with Gasteiger partial charge in [0.2, 0.25) is 5.91 Å². The Balaban J connectivity index is 2.02. The molecule has 0 fully saturated rings. The average Bonchev–Trinajstić information content (AvgIpc) is 2.43. The van der Waals surface area contributed by atoms with Crippen molar-refractivity contribution in [3.8, 4) is 0 Å². The number of aromatic nitrogens is 1. The van der Waals surface area contributed by atoms with Crippen LogP contribution in [0, 0.1) is 6.92 Å². The molecule has 0 atom stereocenters. The SMILES string of the molecule is CCC(=O)Nc1ccc(Nc2ccc(C)cc2)cn1. The van der Waals surface area contributed by atoms with Gasteiger partial charge in [0, 0.05) is 12.1 Å². The molecule has 0 radical (unpaired) electrons. The minimum Gasteiger partial charge on any atom is -0.354 e. The lowest BCUT2D eigenvalue weighted by molar-refractivity contribution is -0.115. The van der Waals surface area contributed by atoms with E-state index in [0.717, 1.165) is 11.4 Å². The van der Waals surface area contributed by atoms with Gasteiger partial charge in [-0.3, -0.25) is 4.79 Å². The molecular formula is C15H17N3O. The second-order valence-electron chi connectivity index (χ2n) is 4.32. The molecule has 0 spiro atoms. The topological polar surface area (TPSA) is 54.0 Å². The van der Waals surface area contributed by atoms with Crippen LogP contribution >= 0.6 is 0 Å². The zero-order valence-corrected chi connectivity index (χ0v) is 11.1. The van der Waals surface area contributed by atoms with Crippen LogP contribution in [0.15, 0.2) is 42.6 Å². The number of benzene rings is 1. The number of aryl methyl sites for hydroxylation is 1. The molecule has 0 saturated carbocycles. The van der Waals surface area contributed by atoms with Crippen molar-refractivity contribution in [2.24, 2.45) is 0 Å². The van der Waals surface area contributed by atoms with E-state index in [-0.39, 0.29) is 5.91 Å². The summed E-state index contributed by atoms with van der Waals surface area (Å²) in [6.07, 6.45) is 2.15. The molecule has 1 aromatic heterocycles. The van der Waals surface area contributed by atoms with Gasteiger partial charge >= 0.3 is 0 Å². The van der Waals surface area contributed by atoms with Crippen molar-refractivity contribution in [1.29, 1.82) is 0 Å². The monoisotopic (exact) mass is 255 g/mol. The lowest BCUT2D eigenvalue weighted by Crippen LogP contribution is -2.10. The molecule has 0 bridgehead atoms. The van der Waals surface area contributed by atoms with Crippen LogP contribution < -0.4 is 10.6 Å². The summed E-state index contributed by atoms with van der Waals surface area (Å²) in [6, 6.07) is 11.8. The first-order valence-corrected chi connectivity index (χ1v) is 6.27. The molecular weight excluding hydrogens is 238 g/mol. The Morgan fingerprint density at radius 3 is 2.37 bits per heavy atom. The highest BCUT2D eigenvalue weighted by Crippen LogP contribution is 2.17. The maximum Gasteiger partial charge on any atom is 0.225 e. The van der Waals surface area contributed by atoms with E-state index in [1.165, 1.54) is 5.56 Å². The Morgan fingerprint density at radius 2 is 1.79 bits per heavy atom. The molecule has 0 aliphatic heterocycles. The molecule has 0 aliphatic carbocycles. The lowest BCUT2D eigenvalue weighted by Gasteiger charge is -2.07. The van der Waals surface area contributed by atoms with Crippen molar-refractivity contribution in [1.82, 2.24) is 4.98 Å². The van der Waals surface area contributed by atoms with Crippen molar-refractivity contribution >= 4 is 23.1 Å². The Kier molecular flexibility index (Phi) is 4.13. The minimum atomic E-state index is -0.0354. The van der Waals surface area contributed by atoms with Gasteiger partial charge in [0.1, 0.15) is 5.82 Å². The number of hydrogen-bond donors (Lipinski definition) is 2. The largest absolute Gasteiger partial charge is 0.354 e. The van der Waals surface area contributed by atoms with Crippen LogP contribution in [0.1, 0.15) is 18.9 Å². The summed E-state index contributed by atoms with van der Waals surface area (Å²) in [5.41, 5.74) is 3.12. The highest BCUT2D eigenvalue weighted by Gasteiger charge is 2.00. The second kappa shape index (κ2) is 6.00. The summed E-state index contributed by atoms with van der Waals surface area (Å²) in [6.45, 7) is 3.86. The third kappa shape index (κ3) is 3.81. The Hall–Kier alpha value is -2.36. The maximum atomic E-state index is 11.2. The van der Waals surface area contributed by atoms with Crippen LogP contribution in [0.2, 0.25) is 0 Å². The van der Waals surface area contributed by atoms with E-state index in [9.17, 15) is 4.79 Å². The highest BCUT2D eigenvalue weighted by molar-refractivity contribution is 5.89. The standard InChI is InChI=1S/C15H17N3O/c1-3-15(19)18-14-9-8-13(10-16-14)17-12-6-4-11(2)5-7-12/h4-10,17H,3H2,1-2H3,(H,16,18,19). The predicted octanol–water partition coefficient (Wildman–Crippen LogP) is 3.48. The second-order valence-corrected chi connectivity index (χ2v) is 4.32. The fourth-order valence-electron chi connectivity index (χ4n) is 1.58. The van der Waals surface area contributed by atoms with Crippen molar-refractivity contribution in [2.75, 3.05) is 10.6 Å². The van der Waals surface area contributed by atoms with E-state index in [2.05, 4.69) is 22.5 Å². The van der Waals surface area contributed by atoms with E-state index < -0.39 is 0 Å². The Labute approximate surface area is 112 Å². The van der Waals surface area contributed by atoms with Gasteiger partial charge in [-0.15, -0.1) is 0 Å². The van der Waals surface area contributed by atoms with E-state index in [1.54, 1.807) is 12.3 Å². The lowest BCUT2D eigenvalue weighted by atomic mass is 10.2. The third-order valence-electron chi connectivity index (χ3n) is 2.69. The predicted molar refractivity (Wildman–Crippen MR) is 77.6 cm³/mol. The molecule has 1 aromatic carbocycles. The van der Waals surface area contributed by atoms with Gasteiger partial charge in [-0.1, -0.05) is 24.6 Å². The first-order valence-electron chi connectivity index (χ1n) is 6.27. The molecule has 2 N–H and O–H groups in total. The van der Waals surface area contributed by atoms with Crippen LogP contribution in [-0.2, 0) is 4.79 Å². The maximum absolute atomic E-state index is 11.2. The minimum absolute atomic E-state index is 0.0354. The normalized spacial score (nSPS) is 10.0. The summed E-state index contributed by atoms with van der Waals surface area (Å²) in [7, 11) is 0. The molecule has 4 nitrogen and oxygen atoms in total. The summed E-state index contributed by atoms with van der Waals surface area (Å²) in [5, 5.41) is 5.96. The molecule has 98 valence electrons. The first kappa shape index (κ1) is 13.1. The molecule has 0 aliphatic rings.